The molecule has 0 bridgehead atoms. The Bertz CT molecular complexity index is 934. The van der Waals surface area contributed by atoms with Crippen molar-refractivity contribution in [3.8, 4) is 16.2 Å². The summed E-state index contributed by atoms with van der Waals surface area (Å²) >= 11 is 2.62. The normalized spacial score (nSPS) is 10.4. The molecule has 1 N–H and O–H groups in total. The van der Waals surface area contributed by atoms with Gasteiger partial charge in [-0.1, -0.05) is 30.3 Å². The Kier molecular flexibility index (Phi) is 6.20. The monoisotopic (exact) mass is 402 g/mol. The zero-order valence-corrected chi connectivity index (χ0v) is 16.5. The van der Waals surface area contributed by atoms with E-state index in [1.54, 1.807) is 12.3 Å². The molecule has 1 amide bonds. The first kappa shape index (κ1) is 19.1. The third kappa shape index (κ3) is 4.72. The fraction of sp³-hybridized carbons (Fsp3) is 0.211. The molecule has 0 unspecified atom stereocenters. The molecule has 0 fully saturated rings. The molecule has 2 aromatic heterocycles. The van der Waals surface area contributed by atoms with E-state index in [-0.39, 0.29) is 18.3 Å². The minimum atomic E-state index is -0.340. The average molecular weight is 402 g/mol. The summed E-state index contributed by atoms with van der Waals surface area (Å²) in [7, 11) is 1.54. The van der Waals surface area contributed by atoms with Gasteiger partial charge in [0.25, 0.3) is 5.91 Å². The molecule has 140 valence electrons. The van der Waals surface area contributed by atoms with Crippen LogP contribution in [0.25, 0.3) is 10.4 Å². The zero-order chi connectivity index (χ0) is 19.2. The number of nitrogens with zero attached hydrogens (tertiary/aromatic N) is 1. The second kappa shape index (κ2) is 8.79. The van der Waals surface area contributed by atoms with E-state index < -0.39 is 0 Å². The van der Waals surface area contributed by atoms with Gasteiger partial charge in [-0.05, 0) is 18.6 Å². The Morgan fingerprint density at radius 2 is 2.00 bits per heavy atom. The van der Waals surface area contributed by atoms with Crippen LogP contribution in [0.2, 0.25) is 0 Å². The number of methoxy groups -OCH3 is 1. The first-order valence-corrected chi connectivity index (χ1v) is 9.95. The Morgan fingerprint density at radius 1 is 1.22 bits per heavy atom. The average Bonchev–Trinajstić information content (AvgIpc) is 3.29. The third-order valence-electron chi connectivity index (χ3n) is 3.59. The van der Waals surface area contributed by atoms with Crippen LogP contribution in [0.3, 0.4) is 0 Å². The Balaban J connectivity index is 1.74. The Hall–Kier alpha value is -2.71. The van der Waals surface area contributed by atoms with Gasteiger partial charge in [-0.2, -0.15) is 0 Å². The van der Waals surface area contributed by atoms with Gasteiger partial charge in [-0.25, -0.2) is 4.98 Å². The van der Waals surface area contributed by atoms with Crippen LogP contribution < -0.4 is 10.1 Å². The molecule has 6 nitrogen and oxygen atoms in total. The van der Waals surface area contributed by atoms with Crippen LogP contribution in [0.5, 0.6) is 5.75 Å². The first-order chi connectivity index (χ1) is 13.1. The number of amides is 1. The Morgan fingerprint density at radius 3 is 2.70 bits per heavy atom. The maximum Gasteiger partial charge on any atom is 0.311 e. The largest absolute Gasteiger partial charge is 0.495 e. The number of esters is 1. The molecule has 0 aliphatic carbocycles. The summed E-state index contributed by atoms with van der Waals surface area (Å²) in [5.74, 6) is -0.121. The third-order valence-corrected chi connectivity index (χ3v) is 5.56. The highest BCUT2D eigenvalue weighted by Gasteiger charge is 2.19. The van der Waals surface area contributed by atoms with Gasteiger partial charge >= 0.3 is 5.97 Å². The van der Waals surface area contributed by atoms with Crippen molar-refractivity contribution in [3.05, 3.63) is 52.3 Å². The molecule has 0 saturated carbocycles. The fourth-order valence-corrected chi connectivity index (χ4v) is 4.12. The van der Waals surface area contributed by atoms with Crippen LogP contribution in [0, 0.1) is 0 Å². The minimum absolute atomic E-state index is 0.0840. The van der Waals surface area contributed by atoms with Crippen molar-refractivity contribution in [2.75, 3.05) is 19.0 Å². The number of benzene rings is 1. The standard InChI is InChI=1S/C19H18N2O4S2/c1-3-25-16(22)9-13-11-26-19(20-13)21-18(23)17-14(24-2)10-15(27-17)12-7-5-4-6-8-12/h4-8,10-11H,3,9H2,1-2H3,(H,20,21,23). The van der Waals surface area contributed by atoms with E-state index in [9.17, 15) is 9.59 Å². The lowest BCUT2D eigenvalue weighted by Crippen LogP contribution is -2.11. The number of anilines is 1. The van der Waals surface area contributed by atoms with E-state index in [1.807, 2.05) is 36.4 Å². The van der Waals surface area contributed by atoms with Crippen molar-refractivity contribution < 1.29 is 19.1 Å². The minimum Gasteiger partial charge on any atom is -0.495 e. The number of nitrogens with one attached hydrogen (secondary N) is 1. The van der Waals surface area contributed by atoms with Gasteiger partial charge < -0.3 is 9.47 Å². The smallest absolute Gasteiger partial charge is 0.311 e. The molecule has 3 rings (SSSR count). The van der Waals surface area contributed by atoms with E-state index in [2.05, 4.69) is 10.3 Å². The lowest BCUT2D eigenvalue weighted by molar-refractivity contribution is -0.142. The lowest BCUT2D eigenvalue weighted by Gasteiger charge is -2.02. The number of hydrogen-bond donors (Lipinski definition) is 1. The molecule has 3 aromatic rings. The topological polar surface area (TPSA) is 77.5 Å². The number of thiophene rings is 1. The zero-order valence-electron chi connectivity index (χ0n) is 14.9. The van der Waals surface area contributed by atoms with Gasteiger partial charge in [0.15, 0.2) is 5.13 Å². The summed E-state index contributed by atoms with van der Waals surface area (Å²) in [6.07, 6.45) is 0.0840. The highest BCUT2D eigenvalue weighted by molar-refractivity contribution is 7.18. The first-order valence-electron chi connectivity index (χ1n) is 8.25. The van der Waals surface area contributed by atoms with Crippen LogP contribution in [0.15, 0.2) is 41.8 Å². The van der Waals surface area contributed by atoms with Crippen LogP contribution >= 0.6 is 22.7 Å². The SMILES string of the molecule is CCOC(=O)Cc1csc(NC(=O)c2sc(-c3ccccc3)cc2OC)n1. The second-order valence-electron chi connectivity index (χ2n) is 5.45. The van der Waals surface area contributed by atoms with Gasteiger partial charge in [-0.3, -0.25) is 14.9 Å². The van der Waals surface area contributed by atoms with Gasteiger partial charge in [0.1, 0.15) is 10.6 Å². The number of hydrogen-bond acceptors (Lipinski definition) is 7. The molecule has 8 heteroatoms. The molecule has 0 saturated heterocycles. The summed E-state index contributed by atoms with van der Waals surface area (Å²) in [6, 6.07) is 11.6. The van der Waals surface area contributed by atoms with Crippen molar-refractivity contribution in [1.82, 2.24) is 4.98 Å². The van der Waals surface area contributed by atoms with Crippen molar-refractivity contribution in [1.29, 1.82) is 0 Å². The maximum absolute atomic E-state index is 12.7. The molecule has 1 aromatic carbocycles. The molecule has 0 atom stereocenters. The van der Waals surface area contributed by atoms with Crippen molar-refractivity contribution in [3.63, 3.8) is 0 Å². The van der Waals surface area contributed by atoms with Gasteiger partial charge in [0, 0.05) is 10.3 Å². The fourth-order valence-electron chi connectivity index (χ4n) is 2.39. The Labute approximate surface area is 164 Å². The van der Waals surface area contributed by atoms with Crippen molar-refractivity contribution >= 4 is 39.7 Å². The second-order valence-corrected chi connectivity index (χ2v) is 7.36. The van der Waals surface area contributed by atoms with E-state index in [0.29, 0.717) is 28.1 Å². The highest BCUT2D eigenvalue weighted by atomic mass is 32.1. The number of rotatable bonds is 7. The predicted molar refractivity (Wildman–Crippen MR) is 107 cm³/mol. The summed E-state index contributed by atoms with van der Waals surface area (Å²) < 4.78 is 10.3. The quantitative estimate of drug-likeness (QED) is 0.598. The summed E-state index contributed by atoms with van der Waals surface area (Å²) in [4.78, 5) is 29.9. The highest BCUT2D eigenvalue weighted by Crippen LogP contribution is 2.36. The van der Waals surface area contributed by atoms with Crippen LogP contribution in [-0.4, -0.2) is 30.6 Å². The van der Waals surface area contributed by atoms with E-state index >= 15 is 0 Å². The van der Waals surface area contributed by atoms with Crippen molar-refractivity contribution in [2.24, 2.45) is 0 Å². The van der Waals surface area contributed by atoms with Gasteiger partial charge in [0.2, 0.25) is 0 Å². The van der Waals surface area contributed by atoms with Crippen LogP contribution in [0.4, 0.5) is 5.13 Å². The molecular weight excluding hydrogens is 384 g/mol. The predicted octanol–water partition coefficient (Wildman–Crippen LogP) is 4.24. The molecule has 0 radical (unpaired) electrons. The maximum atomic E-state index is 12.7. The molecule has 2 heterocycles. The van der Waals surface area contributed by atoms with Crippen LogP contribution in [0.1, 0.15) is 22.3 Å². The summed E-state index contributed by atoms with van der Waals surface area (Å²) in [5, 5.41) is 4.93. The molecule has 0 aliphatic rings. The number of ether oxygens (including phenoxy) is 2. The number of aromatic nitrogens is 1. The molecular formula is C19H18N2O4S2. The summed E-state index contributed by atoms with van der Waals surface area (Å²) in [5.41, 5.74) is 1.59. The van der Waals surface area contributed by atoms with Crippen LogP contribution in [-0.2, 0) is 16.0 Å². The van der Waals surface area contributed by atoms with E-state index in [1.165, 1.54) is 29.8 Å². The molecule has 0 aliphatic heterocycles. The molecule has 0 spiro atoms. The number of thiazole rings is 1. The van der Waals surface area contributed by atoms with E-state index in [0.717, 1.165) is 10.4 Å². The summed E-state index contributed by atoms with van der Waals surface area (Å²) in [6.45, 7) is 2.08. The van der Waals surface area contributed by atoms with E-state index in [4.69, 9.17) is 9.47 Å². The number of carbonyl (C=O) groups is 2. The van der Waals surface area contributed by atoms with Gasteiger partial charge in [0.05, 0.1) is 25.8 Å². The van der Waals surface area contributed by atoms with Crippen molar-refractivity contribution in [2.45, 2.75) is 13.3 Å². The molecule has 27 heavy (non-hydrogen) atoms. The number of carbonyl (C=O) groups excluding carboxylic acids is 2. The van der Waals surface area contributed by atoms with Gasteiger partial charge in [-0.15, -0.1) is 22.7 Å². The lowest BCUT2D eigenvalue weighted by atomic mass is 10.2.